The number of carbonyl (C=O) groups is 3. The van der Waals surface area contributed by atoms with Gasteiger partial charge in [-0.3, -0.25) is 4.79 Å². The van der Waals surface area contributed by atoms with Gasteiger partial charge in [0.25, 0.3) is 5.91 Å². The first kappa shape index (κ1) is 21.4. The molecule has 0 aliphatic carbocycles. The Labute approximate surface area is 190 Å². The number of aliphatic imine (C=N–C) groups is 1. The van der Waals surface area contributed by atoms with Gasteiger partial charge in [0.15, 0.2) is 5.17 Å². The molecule has 2 heterocycles. The van der Waals surface area contributed by atoms with Gasteiger partial charge in [-0.15, -0.1) is 0 Å². The monoisotopic (exact) mass is 468 g/mol. The molecule has 160 valence electrons. The number of carbonyl (C=O) groups excluding carboxylic acids is 1. The maximum atomic E-state index is 12.3. The number of amides is 1. The topological polar surface area (TPSA) is 129 Å². The van der Waals surface area contributed by atoms with Crippen molar-refractivity contribution in [3.8, 4) is 11.3 Å². The van der Waals surface area contributed by atoms with E-state index in [1.807, 2.05) is 6.07 Å². The van der Waals surface area contributed by atoms with Crippen LogP contribution in [-0.4, -0.2) is 33.2 Å². The number of nitrogens with one attached hydrogen (secondary N) is 1. The number of nitrogens with zero attached hydrogens (tertiary/aromatic N) is 1. The molecule has 2 aromatic carbocycles. The van der Waals surface area contributed by atoms with Gasteiger partial charge < -0.3 is 19.9 Å². The minimum atomic E-state index is -1.29. The molecule has 1 fully saturated rings. The Kier molecular flexibility index (Phi) is 5.85. The Morgan fingerprint density at radius 1 is 1.03 bits per heavy atom. The normalized spacial score (nSPS) is 15.8. The van der Waals surface area contributed by atoms with Crippen molar-refractivity contribution in [2.24, 2.45) is 4.99 Å². The van der Waals surface area contributed by atoms with Crippen LogP contribution in [0.15, 0.2) is 68.9 Å². The highest BCUT2D eigenvalue weighted by Gasteiger charge is 2.25. The van der Waals surface area contributed by atoms with Gasteiger partial charge in [-0.1, -0.05) is 23.7 Å². The molecular formula is C22H13ClN2O6S. The zero-order valence-electron chi connectivity index (χ0n) is 16.0. The third-order valence-corrected chi connectivity index (χ3v) is 5.45. The van der Waals surface area contributed by atoms with E-state index in [0.717, 1.165) is 23.4 Å². The predicted molar refractivity (Wildman–Crippen MR) is 120 cm³/mol. The molecule has 0 radical (unpaired) electrons. The molecule has 32 heavy (non-hydrogen) atoms. The highest BCUT2D eigenvalue weighted by molar-refractivity contribution is 8.18. The molecule has 4 rings (SSSR count). The fourth-order valence-corrected chi connectivity index (χ4v) is 3.89. The molecule has 1 saturated heterocycles. The van der Waals surface area contributed by atoms with Crippen LogP contribution in [0.25, 0.3) is 17.4 Å². The summed E-state index contributed by atoms with van der Waals surface area (Å²) in [6, 6.07) is 14.1. The largest absolute Gasteiger partial charge is 0.478 e. The average molecular weight is 469 g/mol. The Bertz CT molecular complexity index is 1300. The highest BCUT2D eigenvalue weighted by Crippen LogP contribution is 2.31. The lowest BCUT2D eigenvalue weighted by Crippen LogP contribution is -2.19. The zero-order chi connectivity index (χ0) is 22.8. The minimum absolute atomic E-state index is 0.0904. The Hall–Kier alpha value is -3.82. The summed E-state index contributed by atoms with van der Waals surface area (Å²) in [6.07, 6.45) is 1.55. The van der Waals surface area contributed by atoms with Crippen LogP contribution in [0.5, 0.6) is 0 Å². The number of amidine groups is 1. The SMILES string of the molecule is O=C1NC(=Nc2cc(C(=O)O)cc(C(=O)O)c2)S/C1=C/c1ccc(-c2cccc(Cl)c2)o1. The minimum Gasteiger partial charge on any atom is -0.478 e. The number of thioether (sulfide) groups is 1. The molecule has 0 saturated carbocycles. The third kappa shape index (κ3) is 4.74. The first-order valence-electron chi connectivity index (χ1n) is 9.05. The van der Waals surface area contributed by atoms with Gasteiger partial charge in [-0.25, -0.2) is 14.6 Å². The fraction of sp³-hybridized carbons (Fsp3) is 0. The van der Waals surface area contributed by atoms with Crippen molar-refractivity contribution in [3.63, 3.8) is 0 Å². The van der Waals surface area contributed by atoms with Crippen LogP contribution >= 0.6 is 23.4 Å². The third-order valence-electron chi connectivity index (χ3n) is 4.30. The lowest BCUT2D eigenvalue weighted by atomic mass is 10.1. The molecule has 8 nitrogen and oxygen atoms in total. The average Bonchev–Trinajstić information content (AvgIpc) is 3.34. The van der Waals surface area contributed by atoms with E-state index in [2.05, 4.69) is 10.3 Å². The van der Waals surface area contributed by atoms with E-state index in [-0.39, 0.29) is 22.0 Å². The number of benzene rings is 2. The molecule has 10 heteroatoms. The van der Waals surface area contributed by atoms with Crippen LogP contribution in [0, 0.1) is 0 Å². The number of hydrogen-bond acceptors (Lipinski definition) is 6. The zero-order valence-corrected chi connectivity index (χ0v) is 17.6. The van der Waals surface area contributed by atoms with Gasteiger partial charge in [0.05, 0.1) is 21.7 Å². The number of halogens is 1. The van der Waals surface area contributed by atoms with Gasteiger partial charge in [-0.2, -0.15) is 0 Å². The van der Waals surface area contributed by atoms with Gasteiger partial charge in [-0.05, 0) is 54.2 Å². The number of carboxylic acid groups (broad SMARTS) is 2. The Morgan fingerprint density at radius 3 is 2.41 bits per heavy atom. The van der Waals surface area contributed by atoms with Crippen molar-refractivity contribution in [2.45, 2.75) is 0 Å². The van der Waals surface area contributed by atoms with Crippen LogP contribution < -0.4 is 5.32 Å². The number of hydrogen-bond donors (Lipinski definition) is 3. The number of carboxylic acids is 2. The molecule has 1 aliphatic rings. The fourth-order valence-electron chi connectivity index (χ4n) is 2.88. The van der Waals surface area contributed by atoms with Crippen molar-refractivity contribution in [3.05, 3.63) is 81.4 Å². The first-order chi connectivity index (χ1) is 15.3. The summed E-state index contributed by atoms with van der Waals surface area (Å²) in [4.78, 5) is 39.3. The van der Waals surface area contributed by atoms with Crippen molar-refractivity contribution >= 4 is 58.1 Å². The first-order valence-corrected chi connectivity index (χ1v) is 10.2. The second kappa shape index (κ2) is 8.74. The van der Waals surface area contributed by atoms with Crippen LogP contribution in [0.1, 0.15) is 26.5 Å². The highest BCUT2D eigenvalue weighted by atomic mass is 35.5. The van der Waals surface area contributed by atoms with Crippen molar-refractivity contribution in [1.29, 1.82) is 0 Å². The second-order valence-electron chi connectivity index (χ2n) is 6.57. The molecule has 1 aromatic heterocycles. The molecule has 3 aromatic rings. The summed E-state index contributed by atoms with van der Waals surface area (Å²) in [7, 11) is 0. The maximum Gasteiger partial charge on any atom is 0.335 e. The van der Waals surface area contributed by atoms with Gasteiger partial charge in [0, 0.05) is 16.7 Å². The second-order valence-corrected chi connectivity index (χ2v) is 8.04. The van der Waals surface area contributed by atoms with E-state index in [1.54, 1.807) is 36.4 Å². The van der Waals surface area contributed by atoms with Crippen molar-refractivity contribution in [1.82, 2.24) is 5.32 Å². The Morgan fingerprint density at radius 2 is 1.75 bits per heavy atom. The van der Waals surface area contributed by atoms with Crippen molar-refractivity contribution in [2.75, 3.05) is 0 Å². The Balaban J connectivity index is 1.59. The summed E-state index contributed by atoms with van der Waals surface area (Å²) >= 11 is 7.03. The summed E-state index contributed by atoms with van der Waals surface area (Å²) in [5.74, 6) is -1.95. The summed E-state index contributed by atoms with van der Waals surface area (Å²) in [6.45, 7) is 0. The molecule has 0 bridgehead atoms. The quantitative estimate of drug-likeness (QED) is 0.454. The molecule has 0 spiro atoms. The number of aromatic carboxylic acids is 2. The van der Waals surface area contributed by atoms with E-state index >= 15 is 0 Å². The summed E-state index contributed by atoms with van der Waals surface area (Å²) < 4.78 is 5.77. The molecule has 3 N–H and O–H groups in total. The smallest absolute Gasteiger partial charge is 0.335 e. The van der Waals surface area contributed by atoms with Gasteiger partial charge >= 0.3 is 11.9 Å². The molecule has 1 amide bonds. The van der Waals surface area contributed by atoms with E-state index < -0.39 is 17.8 Å². The lowest BCUT2D eigenvalue weighted by Gasteiger charge is -2.02. The van der Waals surface area contributed by atoms with Crippen LogP contribution in [-0.2, 0) is 4.79 Å². The summed E-state index contributed by atoms with van der Waals surface area (Å²) in [5, 5.41) is 21.7. The lowest BCUT2D eigenvalue weighted by molar-refractivity contribution is -0.115. The van der Waals surface area contributed by atoms with E-state index in [1.165, 1.54) is 12.1 Å². The van der Waals surface area contributed by atoms with E-state index in [9.17, 15) is 24.6 Å². The van der Waals surface area contributed by atoms with Gasteiger partial charge in [0.1, 0.15) is 11.5 Å². The maximum absolute atomic E-state index is 12.3. The summed E-state index contributed by atoms with van der Waals surface area (Å²) in [5.41, 5.74) is 0.435. The molecule has 1 aliphatic heterocycles. The molecule has 0 unspecified atom stereocenters. The van der Waals surface area contributed by atoms with E-state index in [4.69, 9.17) is 16.0 Å². The number of furan rings is 1. The van der Waals surface area contributed by atoms with E-state index in [0.29, 0.717) is 21.4 Å². The predicted octanol–water partition coefficient (Wildman–Crippen LogP) is 4.89. The standard InChI is InChI=1S/C22H13ClN2O6S/c23-14-3-1-2-11(7-14)17-5-4-16(31-17)10-18-19(26)25-22(32-18)24-15-8-12(20(27)28)6-13(9-15)21(29)30/h1-10H,(H,27,28)(H,29,30)(H,24,25,26)/b18-10+. The van der Waals surface area contributed by atoms with Crippen LogP contribution in [0.3, 0.4) is 0 Å². The van der Waals surface area contributed by atoms with Crippen LogP contribution in [0.4, 0.5) is 5.69 Å². The molecule has 0 atom stereocenters. The number of rotatable bonds is 5. The van der Waals surface area contributed by atoms with Crippen molar-refractivity contribution < 1.29 is 29.0 Å². The van der Waals surface area contributed by atoms with Gasteiger partial charge in [0.2, 0.25) is 0 Å². The molecular weight excluding hydrogens is 456 g/mol. The van der Waals surface area contributed by atoms with Crippen LogP contribution in [0.2, 0.25) is 5.02 Å².